The highest BCUT2D eigenvalue weighted by Crippen LogP contribution is 2.26. The van der Waals surface area contributed by atoms with E-state index in [9.17, 15) is 4.79 Å². The van der Waals surface area contributed by atoms with Gasteiger partial charge in [-0.3, -0.25) is 9.69 Å². The molecule has 0 amide bonds. The van der Waals surface area contributed by atoms with Gasteiger partial charge in [0.15, 0.2) is 5.76 Å². The summed E-state index contributed by atoms with van der Waals surface area (Å²) in [6, 6.07) is 7.37. The van der Waals surface area contributed by atoms with Crippen LogP contribution in [0.25, 0.3) is 11.3 Å². The summed E-state index contributed by atoms with van der Waals surface area (Å²) in [7, 11) is 1.84. The minimum Gasteiger partial charge on any atom is -0.481 e. The van der Waals surface area contributed by atoms with E-state index in [1.54, 1.807) is 12.1 Å². The Morgan fingerprint density at radius 2 is 2.05 bits per heavy atom. The van der Waals surface area contributed by atoms with Gasteiger partial charge in [0.2, 0.25) is 5.89 Å². The Bertz CT molecular complexity index is 622. The van der Waals surface area contributed by atoms with Crippen LogP contribution < -0.4 is 0 Å². The molecule has 5 nitrogen and oxygen atoms in total. The van der Waals surface area contributed by atoms with Gasteiger partial charge in [0.25, 0.3) is 0 Å². The topological polar surface area (TPSA) is 66.6 Å². The number of aliphatic carboxylic acids is 1. The zero-order chi connectivity index (χ0) is 15.4. The molecule has 0 aliphatic heterocycles. The van der Waals surface area contributed by atoms with Crippen LogP contribution in [-0.2, 0) is 11.3 Å². The van der Waals surface area contributed by atoms with E-state index in [2.05, 4.69) is 4.98 Å². The number of nitrogens with zero attached hydrogens (tertiary/aromatic N) is 2. The summed E-state index contributed by atoms with van der Waals surface area (Å²) in [5, 5.41) is 9.34. The lowest BCUT2D eigenvalue weighted by Gasteiger charge is -2.12. The molecule has 0 radical (unpaired) electrons. The average molecular weight is 309 g/mol. The molecule has 1 heterocycles. The maximum absolute atomic E-state index is 10.6. The smallest absolute Gasteiger partial charge is 0.304 e. The Morgan fingerprint density at radius 3 is 2.67 bits per heavy atom. The highest BCUT2D eigenvalue weighted by molar-refractivity contribution is 6.30. The van der Waals surface area contributed by atoms with Crippen molar-refractivity contribution in [3.8, 4) is 11.3 Å². The second-order valence-electron chi connectivity index (χ2n) is 4.91. The van der Waals surface area contributed by atoms with E-state index in [0.717, 1.165) is 11.3 Å². The van der Waals surface area contributed by atoms with Gasteiger partial charge in [-0.15, -0.1) is 0 Å². The van der Waals surface area contributed by atoms with Crippen LogP contribution in [0.5, 0.6) is 0 Å². The third kappa shape index (κ3) is 4.31. The van der Waals surface area contributed by atoms with Crippen molar-refractivity contribution in [1.82, 2.24) is 9.88 Å². The van der Waals surface area contributed by atoms with Gasteiger partial charge >= 0.3 is 5.97 Å². The van der Waals surface area contributed by atoms with E-state index in [-0.39, 0.29) is 6.42 Å². The number of benzene rings is 1. The molecule has 1 aromatic heterocycles. The Kier molecular flexibility index (Phi) is 4.98. The number of hydrogen-bond donors (Lipinski definition) is 1. The van der Waals surface area contributed by atoms with Gasteiger partial charge in [0.05, 0.1) is 18.7 Å². The first-order chi connectivity index (χ1) is 9.95. The van der Waals surface area contributed by atoms with Crippen molar-refractivity contribution in [1.29, 1.82) is 0 Å². The summed E-state index contributed by atoms with van der Waals surface area (Å²) in [5.74, 6) is 0.478. The standard InChI is InChI=1S/C15H17ClN2O3/c1-10-15(11-3-5-12(16)6-4-11)21-13(17-10)9-18(2)8-7-14(19)20/h3-6H,7-9H2,1-2H3,(H,19,20). The van der Waals surface area contributed by atoms with Crippen molar-refractivity contribution in [3.63, 3.8) is 0 Å². The number of hydrogen-bond acceptors (Lipinski definition) is 4. The van der Waals surface area contributed by atoms with Crippen LogP contribution >= 0.6 is 11.6 Å². The first-order valence-corrected chi connectivity index (χ1v) is 6.96. The summed E-state index contributed by atoms with van der Waals surface area (Å²) in [6.07, 6.45) is 0.0975. The number of halogens is 1. The second kappa shape index (κ2) is 6.74. The largest absolute Gasteiger partial charge is 0.481 e. The number of oxazole rings is 1. The molecule has 1 aromatic carbocycles. The van der Waals surface area contributed by atoms with Gasteiger partial charge in [-0.1, -0.05) is 11.6 Å². The first-order valence-electron chi connectivity index (χ1n) is 6.58. The lowest BCUT2D eigenvalue weighted by molar-refractivity contribution is -0.137. The fourth-order valence-electron chi connectivity index (χ4n) is 1.99. The zero-order valence-corrected chi connectivity index (χ0v) is 12.7. The molecule has 0 fully saturated rings. The van der Waals surface area contributed by atoms with Crippen LogP contribution in [-0.4, -0.2) is 34.6 Å². The van der Waals surface area contributed by atoms with Gasteiger partial charge in [0.1, 0.15) is 0 Å². The van der Waals surface area contributed by atoms with Crippen LogP contribution in [0.3, 0.4) is 0 Å². The molecule has 0 saturated heterocycles. The van der Waals surface area contributed by atoms with Gasteiger partial charge in [-0.25, -0.2) is 4.98 Å². The highest BCUT2D eigenvalue weighted by Gasteiger charge is 2.13. The Labute approximate surface area is 128 Å². The predicted octanol–water partition coefficient (Wildman–Crippen LogP) is 3.21. The lowest BCUT2D eigenvalue weighted by Crippen LogP contribution is -2.21. The molecule has 0 aliphatic rings. The SMILES string of the molecule is Cc1nc(CN(C)CCC(=O)O)oc1-c1ccc(Cl)cc1. The molecule has 2 aromatic rings. The van der Waals surface area contributed by atoms with Crippen molar-refractivity contribution < 1.29 is 14.3 Å². The summed E-state index contributed by atoms with van der Waals surface area (Å²) >= 11 is 5.87. The van der Waals surface area contributed by atoms with Crippen LogP contribution in [0, 0.1) is 6.92 Å². The molecule has 112 valence electrons. The summed E-state index contributed by atoms with van der Waals surface area (Å²) in [5.41, 5.74) is 1.72. The molecule has 0 atom stereocenters. The number of aryl methyl sites for hydroxylation is 1. The molecule has 1 N–H and O–H groups in total. The van der Waals surface area contributed by atoms with E-state index < -0.39 is 5.97 Å². The molecule has 0 bridgehead atoms. The van der Waals surface area contributed by atoms with Gasteiger partial charge in [0, 0.05) is 17.1 Å². The molecule has 0 unspecified atom stereocenters. The van der Waals surface area contributed by atoms with Crippen LogP contribution in [0.15, 0.2) is 28.7 Å². The number of carboxylic acid groups (broad SMARTS) is 1. The molecule has 0 saturated carbocycles. The van der Waals surface area contributed by atoms with Gasteiger partial charge in [-0.2, -0.15) is 0 Å². The van der Waals surface area contributed by atoms with Crippen molar-refractivity contribution >= 4 is 17.6 Å². The Balaban J connectivity index is 2.08. The first kappa shape index (κ1) is 15.5. The number of carbonyl (C=O) groups is 1. The van der Waals surface area contributed by atoms with Crippen molar-refractivity contribution in [2.75, 3.05) is 13.6 Å². The van der Waals surface area contributed by atoms with Crippen molar-refractivity contribution in [2.45, 2.75) is 19.9 Å². The summed E-state index contributed by atoms with van der Waals surface area (Å²) < 4.78 is 5.77. The summed E-state index contributed by atoms with van der Waals surface area (Å²) in [4.78, 5) is 16.8. The maximum atomic E-state index is 10.6. The Morgan fingerprint density at radius 1 is 1.38 bits per heavy atom. The maximum Gasteiger partial charge on any atom is 0.304 e. The molecule has 6 heteroatoms. The van der Waals surface area contributed by atoms with Crippen molar-refractivity contribution in [2.24, 2.45) is 0 Å². The van der Waals surface area contributed by atoms with Crippen LogP contribution in [0.1, 0.15) is 18.0 Å². The molecule has 2 rings (SSSR count). The summed E-state index contributed by atoms with van der Waals surface area (Å²) in [6.45, 7) is 2.81. The van der Waals surface area contributed by atoms with E-state index in [1.807, 2.05) is 31.0 Å². The third-order valence-electron chi connectivity index (χ3n) is 3.06. The number of carboxylic acids is 1. The third-order valence-corrected chi connectivity index (χ3v) is 3.31. The Hall–Kier alpha value is -1.85. The number of aromatic nitrogens is 1. The van der Waals surface area contributed by atoms with Crippen LogP contribution in [0.2, 0.25) is 5.02 Å². The van der Waals surface area contributed by atoms with Gasteiger partial charge < -0.3 is 9.52 Å². The minimum atomic E-state index is -0.813. The quantitative estimate of drug-likeness (QED) is 0.887. The molecular weight excluding hydrogens is 292 g/mol. The van der Waals surface area contributed by atoms with Crippen LogP contribution in [0.4, 0.5) is 0 Å². The fourth-order valence-corrected chi connectivity index (χ4v) is 2.11. The normalized spacial score (nSPS) is 11.0. The molecule has 0 aliphatic carbocycles. The minimum absolute atomic E-state index is 0.0975. The highest BCUT2D eigenvalue weighted by atomic mass is 35.5. The second-order valence-corrected chi connectivity index (χ2v) is 5.35. The lowest BCUT2D eigenvalue weighted by atomic mass is 10.1. The fraction of sp³-hybridized carbons (Fsp3) is 0.333. The van der Waals surface area contributed by atoms with E-state index in [0.29, 0.717) is 29.8 Å². The van der Waals surface area contributed by atoms with Gasteiger partial charge in [-0.05, 0) is 38.2 Å². The molecular formula is C15H17ClN2O3. The molecule has 21 heavy (non-hydrogen) atoms. The zero-order valence-electron chi connectivity index (χ0n) is 12.0. The predicted molar refractivity (Wildman–Crippen MR) is 80.3 cm³/mol. The average Bonchev–Trinajstić information content (AvgIpc) is 2.78. The monoisotopic (exact) mass is 308 g/mol. The number of rotatable bonds is 6. The van der Waals surface area contributed by atoms with E-state index >= 15 is 0 Å². The molecule has 0 spiro atoms. The van der Waals surface area contributed by atoms with Crippen molar-refractivity contribution in [3.05, 3.63) is 40.9 Å². The van der Waals surface area contributed by atoms with E-state index in [4.69, 9.17) is 21.1 Å². The van der Waals surface area contributed by atoms with E-state index in [1.165, 1.54) is 0 Å².